The molecule has 0 saturated carbocycles. The van der Waals surface area contributed by atoms with Gasteiger partial charge in [0.1, 0.15) is 5.75 Å². The summed E-state index contributed by atoms with van der Waals surface area (Å²) in [5.41, 5.74) is 3.18. The van der Waals surface area contributed by atoms with Gasteiger partial charge in [-0.05, 0) is 17.7 Å². The lowest BCUT2D eigenvalue weighted by Gasteiger charge is -2.16. The van der Waals surface area contributed by atoms with E-state index in [0.29, 0.717) is 12.1 Å². The highest BCUT2D eigenvalue weighted by molar-refractivity contribution is 5.39. The van der Waals surface area contributed by atoms with Gasteiger partial charge in [0.2, 0.25) is 0 Å². The van der Waals surface area contributed by atoms with Crippen LogP contribution in [0.15, 0.2) is 18.2 Å². The third kappa shape index (κ3) is 3.15. The number of methoxy groups -OCH3 is 1. The van der Waals surface area contributed by atoms with E-state index in [-0.39, 0.29) is 11.3 Å². The molecule has 0 aromatic heterocycles. The first-order valence-electron chi connectivity index (χ1n) is 4.80. The summed E-state index contributed by atoms with van der Waals surface area (Å²) in [4.78, 5) is 4.66. The molecule has 0 radical (unpaired) electrons. The summed E-state index contributed by atoms with van der Waals surface area (Å²) in [6.45, 7) is 1.21. The van der Waals surface area contributed by atoms with Crippen molar-refractivity contribution >= 4 is 0 Å². The lowest BCUT2D eigenvalue weighted by atomic mass is 10.0. The molecule has 5 heteroatoms. The number of alkyl halides is 2. The Labute approximate surface area is 93.3 Å². The van der Waals surface area contributed by atoms with Gasteiger partial charge in [-0.15, -0.1) is 0 Å². The highest BCUT2D eigenvalue weighted by Gasteiger charge is 2.28. The topological polar surface area (TPSA) is 30.5 Å². The minimum atomic E-state index is -2.92. The fourth-order valence-electron chi connectivity index (χ4n) is 1.36. The van der Waals surface area contributed by atoms with Crippen LogP contribution in [0.1, 0.15) is 18.1 Å². The first kappa shape index (κ1) is 12.9. The molecule has 0 spiro atoms. The predicted molar refractivity (Wildman–Crippen MR) is 56.4 cm³/mol. The average molecular weight is 231 g/mol. The van der Waals surface area contributed by atoms with Crippen molar-refractivity contribution < 1.29 is 18.4 Å². The number of hydrogen-bond acceptors (Lipinski definition) is 3. The number of hydrogen-bond donors (Lipinski definition) is 1. The van der Waals surface area contributed by atoms with Crippen LogP contribution in [0.3, 0.4) is 0 Å². The van der Waals surface area contributed by atoms with E-state index in [2.05, 4.69) is 10.3 Å². The summed E-state index contributed by atoms with van der Waals surface area (Å²) >= 11 is 0. The molecular weight excluding hydrogens is 216 g/mol. The van der Waals surface area contributed by atoms with E-state index in [1.54, 1.807) is 6.07 Å². The highest BCUT2D eigenvalue weighted by atomic mass is 19.3. The van der Waals surface area contributed by atoms with Gasteiger partial charge in [0.15, 0.2) is 0 Å². The van der Waals surface area contributed by atoms with Crippen LogP contribution in [0.25, 0.3) is 0 Å². The zero-order valence-electron chi connectivity index (χ0n) is 9.51. The van der Waals surface area contributed by atoms with Crippen molar-refractivity contribution in [3.8, 4) is 5.75 Å². The zero-order chi connectivity index (χ0) is 12.2. The number of benzene rings is 1. The number of ether oxygens (including phenoxy) is 1. The molecule has 0 fully saturated rings. The van der Waals surface area contributed by atoms with Crippen molar-refractivity contribution in [3.63, 3.8) is 0 Å². The Morgan fingerprint density at radius 1 is 1.31 bits per heavy atom. The minimum absolute atomic E-state index is 0.120. The second-order valence-corrected chi connectivity index (χ2v) is 3.45. The molecule has 1 N–H and O–H groups in total. The van der Waals surface area contributed by atoms with Crippen molar-refractivity contribution in [2.45, 2.75) is 19.4 Å². The maximum absolute atomic E-state index is 13.3. The van der Waals surface area contributed by atoms with E-state index >= 15 is 0 Å². The molecule has 0 aliphatic rings. The van der Waals surface area contributed by atoms with Crippen molar-refractivity contribution in [2.24, 2.45) is 0 Å². The van der Waals surface area contributed by atoms with Crippen LogP contribution < -0.4 is 10.2 Å². The molecule has 0 aliphatic carbocycles. The van der Waals surface area contributed by atoms with E-state index < -0.39 is 5.92 Å². The molecule has 0 heterocycles. The van der Waals surface area contributed by atoms with Crippen LogP contribution in [0.2, 0.25) is 0 Å². The summed E-state index contributed by atoms with van der Waals surface area (Å²) < 4.78 is 31.4. The summed E-state index contributed by atoms with van der Waals surface area (Å²) in [5.74, 6) is -2.73. The van der Waals surface area contributed by atoms with Crippen molar-refractivity contribution in [1.29, 1.82) is 0 Å². The standard InChI is InChI=1S/C11H15F2NO2/c1-11(12,13)9-6-8(7-14-16-3)4-5-10(9)15-2/h4-6,14H,7H2,1-3H3. The van der Waals surface area contributed by atoms with Crippen LogP contribution in [-0.2, 0) is 17.3 Å². The van der Waals surface area contributed by atoms with Gasteiger partial charge in [0.25, 0.3) is 5.92 Å². The molecule has 0 unspecified atom stereocenters. The molecule has 1 aromatic carbocycles. The number of halogens is 2. The van der Waals surface area contributed by atoms with Crippen LogP contribution in [0.5, 0.6) is 5.75 Å². The van der Waals surface area contributed by atoms with Crippen molar-refractivity contribution in [2.75, 3.05) is 14.2 Å². The van der Waals surface area contributed by atoms with E-state index in [9.17, 15) is 8.78 Å². The number of rotatable bonds is 5. The molecular formula is C11H15F2NO2. The van der Waals surface area contributed by atoms with Crippen molar-refractivity contribution in [3.05, 3.63) is 29.3 Å². The summed E-state index contributed by atoms with van der Waals surface area (Å²) in [6, 6.07) is 4.64. The molecule has 1 rings (SSSR count). The van der Waals surface area contributed by atoms with Crippen LogP contribution in [-0.4, -0.2) is 14.2 Å². The largest absolute Gasteiger partial charge is 0.496 e. The summed E-state index contributed by atoms with van der Waals surface area (Å²) in [5, 5.41) is 0. The molecule has 16 heavy (non-hydrogen) atoms. The van der Waals surface area contributed by atoms with Gasteiger partial charge in [0, 0.05) is 13.5 Å². The summed E-state index contributed by atoms with van der Waals surface area (Å²) in [7, 11) is 2.84. The smallest absolute Gasteiger partial charge is 0.274 e. The highest BCUT2D eigenvalue weighted by Crippen LogP contribution is 2.34. The van der Waals surface area contributed by atoms with Crippen LogP contribution in [0.4, 0.5) is 8.78 Å². The second-order valence-electron chi connectivity index (χ2n) is 3.45. The monoisotopic (exact) mass is 231 g/mol. The zero-order valence-corrected chi connectivity index (χ0v) is 9.51. The van der Waals surface area contributed by atoms with Gasteiger partial charge in [0.05, 0.1) is 19.8 Å². The van der Waals surface area contributed by atoms with Crippen LogP contribution >= 0.6 is 0 Å². The Morgan fingerprint density at radius 3 is 2.50 bits per heavy atom. The molecule has 1 aromatic rings. The second kappa shape index (κ2) is 5.23. The third-order valence-electron chi connectivity index (χ3n) is 2.16. The minimum Gasteiger partial charge on any atom is -0.496 e. The fraction of sp³-hybridized carbons (Fsp3) is 0.455. The third-order valence-corrected chi connectivity index (χ3v) is 2.16. The Bertz CT molecular complexity index is 350. The molecule has 0 saturated heterocycles. The SMILES string of the molecule is CONCc1ccc(OC)c(C(C)(F)F)c1. The Kier molecular flexibility index (Phi) is 4.20. The Morgan fingerprint density at radius 2 is 2.00 bits per heavy atom. The van der Waals surface area contributed by atoms with Gasteiger partial charge in [-0.1, -0.05) is 6.07 Å². The number of nitrogens with one attached hydrogen (secondary N) is 1. The maximum atomic E-state index is 13.3. The van der Waals surface area contributed by atoms with Gasteiger partial charge in [-0.25, -0.2) is 8.78 Å². The van der Waals surface area contributed by atoms with E-state index in [4.69, 9.17) is 4.74 Å². The average Bonchev–Trinajstić information content (AvgIpc) is 2.24. The molecule has 90 valence electrons. The number of hydroxylamine groups is 1. The molecule has 0 bridgehead atoms. The van der Waals surface area contributed by atoms with Gasteiger partial charge in [-0.3, -0.25) is 0 Å². The molecule has 0 aliphatic heterocycles. The first-order chi connectivity index (χ1) is 7.49. The predicted octanol–water partition coefficient (Wildman–Crippen LogP) is 2.46. The first-order valence-corrected chi connectivity index (χ1v) is 4.80. The molecule has 0 atom stereocenters. The normalized spacial score (nSPS) is 11.6. The van der Waals surface area contributed by atoms with Gasteiger partial charge in [-0.2, -0.15) is 5.48 Å². The molecule has 0 amide bonds. The van der Waals surface area contributed by atoms with Gasteiger partial charge >= 0.3 is 0 Å². The van der Waals surface area contributed by atoms with Crippen molar-refractivity contribution in [1.82, 2.24) is 5.48 Å². The quantitative estimate of drug-likeness (QED) is 0.789. The van der Waals surface area contributed by atoms with Crippen LogP contribution in [0, 0.1) is 0 Å². The fourth-order valence-corrected chi connectivity index (χ4v) is 1.36. The van der Waals surface area contributed by atoms with E-state index in [1.807, 2.05) is 0 Å². The summed E-state index contributed by atoms with van der Waals surface area (Å²) in [6.07, 6.45) is 0. The van der Waals surface area contributed by atoms with E-state index in [1.165, 1.54) is 26.4 Å². The Balaban J connectivity index is 3.02. The van der Waals surface area contributed by atoms with Gasteiger partial charge < -0.3 is 9.57 Å². The lowest BCUT2D eigenvalue weighted by molar-refractivity contribution is 0.0148. The van der Waals surface area contributed by atoms with E-state index in [0.717, 1.165) is 6.92 Å². The molecule has 3 nitrogen and oxygen atoms in total. The lowest BCUT2D eigenvalue weighted by Crippen LogP contribution is -2.13. The maximum Gasteiger partial charge on any atom is 0.274 e. The Hall–Kier alpha value is -1.20.